The number of rotatable bonds is 8. The van der Waals surface area contributed by atoms with Crippen molar-refractivity contribution in [2.24, 2.45) is 0 Å². The molecule has 0 atom stereocenters. The van der Waals surface area contributed by atoms with Gasteiger partial charge in [0.2, 0.25) is 0 Å². The highest BCUT2D eigenvalue weighted by Gasteiger charge is 2.32. The monoisotopic (exact) mass is 684 g/mol. The van der Waals surface area contributed by atoms with Crippen LogP contribution in [-0.4, -0.2) is 78.7 Å². The number of benzene rings is 2. The Balaban J connectivity index is 1.35. The topological polar surface area (TPSA) is 93.5 Å². The second-order valence-corrected chi connectivity index (χ2v) is 12.5. The van der Waals surface area contributed by atoms with E-state index in [2.05, 4.69) is 31.9 Å². The van der Waals surface area contributed by atoms with Gasteiger partial charge in [-0.3, -0.25) is 19.1 Å². The quantitative estimate of drug-likeness (QED) is 0.179. The number of imidazole rings is 1. The summed E-state index contributed by atoms with van der Waals surface area (Å²) in [5.41, 5.74) is 5.65. The van der Waals surface area contributed by atoms with Crippen molar-refractivity contribution in [1.29, 1.82) is 0 Å². The van der Waals surface area contributed by atoms with E-state index in [1.54, 1.807) is 46.7 Å². The molecule has 1 N–H and O–H groups in total. The number of carbonyl (C=O) groups excluding carboxylic acids is 1. The molecule has 1 amide bonds. The Labute approximate surface area is 288 Å². The highest BCUT2D eigenvalue weighted by atomic mass is 35.5. The summed E-state index contributed by atoms with van der Waals surface area (Å²) in [5.74, 6) is 6.42. The van der Waals surface area contributed by atoms with Gasteiger partial charge in [-0.05, 0) is 43.9 Å². The summed E-state index contributed by atoms with van der Waals surface area (Å²) in [7, 11) is 4.73. The maximum atomic E-state index is 12.8. The highest BCUT2D eigenvalue weighted by Crippen LogP contribution is 2.48. The predicted molar refractivity (Wildman–Crippen MR) is 190 cm³/mol. The van der Waals surface area contributed by atoms with E-state index in [1.165, 1.54) is 12.8 Å². The van der Waals surface area contributed by atoms with E-state index in [9.17, 15) is 4.79 Å². The molecular weight excluding hydrogens is 651 g/mol. The van der Waals surface area contributed by atoms with Crippen LogP contribution < -0.4 is 24.4 Å². The van der Waals surface area contributed by atoms with E-state index in [0.717, 1.165) is 48.3 Å². The summed E-state index contributed by atoms with van der Waals surface area (Å²) >= 11 is 13.6. The van der Waals surface area contributed by atoms with Gasteiger partial charge in [-0.2, -0.15) is 0 Å². The van der Waals surface area contributed by atoms with Crippen molar-refractivity contribution in [2.45, 2.75) is 25.8 Å². The minimum atomic E-state index is -0.378. The largest absolute Gasteiger partial charge is 0.496 e. The van der Waals surface area contributed by atoms with Gasteiger partial charge >= 0.3 is 0 Å². The molecule has 2 aromatic carbocycles. The molecule has 4 heterocycles. The van der Waals surface area contributed by atoms with E-state index < -0.39 is 0 Å². The van der Waals surface area contributed by atoms with E-state index in [4.69, 9.17) is 42.4 Å². The number of nitrogens with zero attached hydrogens (tertiary/aromatic N) is 5. The first-order valence-corrected chi connectivity index (χ1v) is 16.4. The SMILES string of the molecule is CC#CC(=O)Nc1cc(-c2cc3c(cn2)cc(-c2c(Cl)c(OC)cc(OC)c2Cl)c2nccn23)c(OC)cc1N1CCN(C2CC2)CC1. The number of pyridine rings is 2. The van der Waals surface area contributed by atoms with Crippen LogP contribution in [-0.2, 0) is 4.79 Å². The molecule has 2 aliphatic rings. The van der Waals surface area contributed by atoms with E-state index >= 15 is 0 Å². The van der Waals surface area contributed by atoms with Gasteiger partial charge in [-0.1, -0.05) is 29.1 Å². The lowest BCUT2D eigenvalue weighted by Crippen LogP contribution is -2.47. The minimum Gasteiger partial charge on any atom is -0.496 e. The molecule has 48 heavy (non-hydrogen) atoms. The summed E-state index contributed by atoms with van der Waals surface area (Å²) in [6, 6.07) is 10.2. The molecule has 1 saturated carbocycles. The van der Waals surface area contributed by atoms with Crippen LogP contribution in [0.2, 0.25) is 10.0 Å². The molecule has 12 heteroatoms. The summed E-state index contributed by atoms with van der Waals surface area (Å²) in [6.45, 7) is 5.30. The Hall–Kier alpha value is -4.69. The number of fused-ring (bicyclic) bond motifs is 3. The fraction of sp³-hybridized carbons (Fsp3) is 0.306. The first kappa shape index (κ1) is 31.9. The first-order chi connectivity index (χ1) is 23.3. The Morgan fingerprint density at radius 2 is 1.60 bits per heavy atom. The maximum absolute atomic E-state index is 12.8. The van der Waals surface area contributed by atoms with Gasteiger partial charge in [0.15, 0.2) is 0 Å². The number of ether oxygens (including phenoxy) is 3. The van der Waals surface area contributed by atoms with E-state index in [1.807, 2.05) is 34.9 Å². The zero-order valence-corrected chi connectivity index (χ0v) is 28.6. The molecule has 0 bridgehead atoms. The number of methoxy groups -OCH3 is 3. The van der Waals surface area contributed by atoms with Crippen LogP contribution in [0.25, 0.3) is 38.9 Å². The van der Waals surface area contributed by atoms with Crippen molar-refractivity contribution in [1.82, 2.24) is 19.3 Å². The molecule has 0 spiro atoms. The lowest BCUT2D eigenvalue weighted by molar-refractivity contribution is -0.111. The van der Waals surface area contributed by atoms with Crippen LogP contribution in [0.1, 0.15) is 19.8 Å². The van der Waals surface area contributed by atoms with Gasteiger partial charge in [0.05, 0.1) is 54.0 Å². The molecule has 3 aromatic heterocycles. The predicted octanol–water partition coefficient (Wildman–Crippen LogP) is 6.80. The Morgan fingerprint density at radius 1 is 0.896 bits per heavy atom. The zero-order chi connectivity index (χ0) is 33.5. The number of hydrogen-bond donors (Lipinski definition) is 1. The summed E-state index contributed by atoms with van der Waals surface area (Å²) in [6.07, 6.45) is 7.95. The summed E-state index contributed by atoms with van der Waals surface area (Å²) < 4.78 is 19.0. The van der Waals surface area contributed by atoms with Crippen LogP contribution in [0.4, 0.5) is 11.4 Å². The van der Waals surface area contributed by atoms with E-state index in [0.29, 0.717) is 61.5 Å². The van der Waals surface area contributed by atoms with Crippen LogP contribution in [0.5, 0.6) is 17.2 Å². The average Bonchev–Trinajstić information content (AvgIpc) is 3.83. The number of hydrogen-bond acceptors (Lipinski definition) is 8. The van der Waals surface area contributed by atoms with Crippen LogP contribution in [0, 0.1) is 11.8 Å². The van der Waals surface area contributed by atoms with Gasteiger partial charge in [-0.15, -0.1) is 0 Å². The normalized spacial score (nSPS) is 14.9. The van der Waals surface area contributed by atoms with Gasteiger partial charge in [0.25, 0.3) is 5.91 Å². The van der Waals surface area contributed by atoms with Gasteiger partial charge in [0, 0.05) is 85.0 Å². The van der Waals surface area contributed by atoms with Crippen molar-refractivity contribution in [3.8, 4) is 51.5 Å². The van der Waals surface area contributed by atoms with Crippen molar-refractivity contribution in [3.05, 3.63) is 59.0 Å². The number of amides is 1. The third-order valence-corrected chi connectivity index (χ3v) is 9.75. The fourth-order valence-corrected chi connectivity index (χ4v) is 7.18. The molecule has 1 saturated heterocycles. The molecule has 0 unspecified atom stereocenters. The molecule has 5 aromatic rings. The number of aromatic nitrogens is 3. The van der Waals surface area contributed by atoms with Crippen LogP contribution in [0.15, 0.2) is 48.9 Å². The second kappa shape index (κ2) is 13.1. The number of nitrogens with one attached hydrogen (secondary N) is 1. The van der Waals surface area contributed by atoms with Gasteiger partial charge in [0.1, 0.15) is 22.9 Å². The third-order valence-electron chi connectivity index (χ3n) is 8.99. The van der Waals surface area contributed by atoms with E-state index in [-0.39, 0.29) is 5.91 Å². The molecule has 246 valence electrons. The molecular formula is C36H34Cl2N6O4. The highest BCUT2D eigenvalue weighted by molar-refractivity contribution is 6.41. The Kier molecular flexibility index (Phi) is 8.69. The minimum absolute atomic E-state index is 0.346. The first-order valence-electron chi connectivity index (χ1n) is 15.7. The second-order valence-electron chi connectivity index (χ2n) is 11.7. The molecule has 2 fully saturated rings. The van der Waals surface area contributed by atoms with Gasteiger partial charge in [-0.25, -0.2) is 4.98 Å². The molecule has 7 rings (SSSR count). The number of halogens is 2. The molecule has 1 aliphatic heterocycles. The lowest BCUT2D eigenvalue weighted by Gasteiger charge is -2.37. The number of piperazine rings is 1. The standard InChI is InChI=1S/C36H34Cl2N6O4/c1-5-6-32(45)41-26-16-23(29(46-2)18-28(26)43-13-11-42(12-14-43)22-7-8-22)25-17-27-21(20-40-25)15-24(36-39-9-10-44(27)36)33-34(37)30(47-3)19-31(48-4)35(33)38/h9-10,15-20,22H,7-8,11-14H2,1-4H3,(H,41,45). The average molecular weight is 686 g/mol. The van der Waals surface area contributed by atoms with Gasteiger partial charge < -0.3 is 24.4 Å². The third kappa shape index (κ3) is 5.72. The smallest absolute Gasteiger partial charge is 0.300 e. The molecule has 10 nitrogen and oxygen atoms in total. The molecule has 0 radical (unpaired) electrons. The fourth-order valence-electron chi connectivity index (χ4n) is 6.48. The van der Waals surface area contributed by atoms with Crippen molar-refractivity contribution < 1.29 is 19.0 Å². The Morgan fingerprint density at radius 3 is 2.25 bits per heavy atom. The Bertz CT molecular complexity index is 2100. The number of anilines is 2. The molecule has 1 aliphatic carbocycles. The lowest BCUT2D eigenvalue weighted by atomic mass is 10.0. The summed E-state index contributed by atoms with van der Waals surface area (Å²) in [5, 5.41) is 4.54. The number of carbonyl (C=O) groups is 1. The van der Waals surface area contributed by atoms with Crippen molar-refractivity contribution >= 4 is 57.0 Å². The van der Waals surface area contributed by atoms with Crippen LogP contribution >= 0.6 is 23.2 Å². The maximum Gasteiger partial charge on any atom is 0.300 e. The van der Waals surface area contributed by atoms with Crippen molar-refractivity contribution in [2.75, 3.05) is 57.7 Å². The zero-order valence-electron chi connectivity index (χ0n) is 27.1. The summed E-state index contributed by atoms with van der Waals surface area (Å²) in [4.78, 5) is 27.2. The van der Waals surface area contributed by atoms with Crippen LogP contribution in [0.3, 0.4) is 0 Å². The van der Waals surface area contributed by atoms with Crippen molar-refractivity contribution in [3.63, 3.8) is 0 Å².